The van der Waals surface area contributed by atoms with Crippen molar-refractivity contribution in [2.75, 3.05) is 18.8 Å². The summed E-state index contributed by atoms with van der Waals surface area (Å²) in [6, 6.07) is 10.3. The minimum absolute atomic E-state index is 0. The van der Waals surface area contributed by atoms with Gasteiger partial charge in [-0.3, -0.25) is 4.79 Å². The Morgan fingerprint density at radius 1 is 1.30 bits per heavy atom. The summed E-state index contributed by atoms with van der Waals surface area (Å²) >= 11 is 1.77. The second-order valence-corrected chi connectivity index (χ2v) is 6.15. The van der Waals surface area contributed by atoms with E-state index >= 15 is 0 Å². The molecular weight excluding hydrogens is 292 g/mol. The van der Waals surface area contributed by atoms with Crippen molar-refractivity contribution in [2.45, 2.75) is 24.2 Å². The van der Waals surface area contributed by atoms with Gasteiger partial charge in [-0.25, -0.2) is 0 Å². The van der Waals surface area contributed by atoms with E-state index in [1.165, 1.54) is 4.90 Å². The van der Waals surface area contributed by atoms with Crippen LogP contribution < -0.4 is 11.1 Å². The molecule has 3 nitrogen and oxygen atoms in total. The van der Waals surface area contributed by atoms with Gasteiger partial charge in [-0.1, -0.05) is 24.6 Å². The average molecular weight is 315 g/mol. The number of nitrogens with one attached hydrogen (secondary N) is 1. The van der Waals surface area contributed by atoms with Crippen LogP contribution in [-0.2, 0) is 4.79 Å². The smallest absolute Gasteiger partial charge is 0.223 e. The number of thioether (sulfide) groups is 1. The van der Waals surface area contributed by atoms with Gasteiger partial charge in [0.1, 0.15) is 0 Å². The number of amides is 1. The molecule has 1 amide bonds. The second-order valence-electron chi connectivity index (χ2n) is 4.99. The molecule has 0 unspecified atom stereocenters. The fourth-order valence-electron chi connectivity index (χ4n) is 2.66. The summed E-state index contributed by atoms with van der Waals surface area (Å²) in [5, 5.41) is 3.04. The van der Waals surface area contributed by atoms with Crippen LogP contribution in [0.25, 0.3) is 0 Å². The zero-order valence-corrected chi connectivity index (χ0v) is 13.2. The molecule has 112 valence electrons. The lowest BCUT2D eigenvalue weighted by atomic mass is 9.95. The first-order valence-corrected chi connectivity index (χ1v) is 7.95. The monoisotopic (exact) mass is 314 g/mol. The first-order valence-electron chi connectivity index (χ1n) is 6.97. The number of hydrogen-bond donors (Lipinski definition) is 2. The van der Waals surface area contributed by atoms with Crippen LogP contribution >= 0.6 is 24.2 Å². The van der Waals surface area contributed by atoms with Gasteiger partial charge < -0.3 is 11.1 Å². The minimum Gasteiger partial charge on any atom is -0.355 e. The highest BCUT2D eigenvalue weighted by atomic mass is 35.5. The molecule has 2 rings (SSSR count). The molecule has 2 atom stereocenters. The topological polar surface area (TPSA) is 55.1 Å². The Morgan fingerprint density at radius 3 is 2.75 bits per heavy atom. The highest BCUT2D eigenvalue weighted by Gasteiger charge is 2.31. The van der Waals surface area contributed by atoms with Crippen LogP contribution in [-0.4, -0.2) is 24.7 Å². The Bertz CT molecular complexity index is 402. The van der Waals surface area contributed by atoms with Crippen molar-refractivity contribution in [3.05, 3.63) is 30.3 Å². The number of carbonyl (C=O) groups is 1. The molecule has 5 heteroatoms. The average Bonchev–Trinajstić information content (AvgIpc) is 2.93. The highest BCUT2D eigenvalue weighted by Crippen LogP contribution is 2.30. The molecule has 1 saturated carbocycles. The number of halogens is 1. The van der Waals surface area contributed by atoms with E-state index in [1.807, 2.05) is 18.2 Å². The van der Waals surface area contributed by atoms with Crippen molar-refractivity contribution < 1.29 is 4.79 Å². The maximum Gasteiger partial charge on any atom is 0.223 e. The Morgan fingerprint density at radius 2 is 2.05 bits per heavy atom. The van der Waals surface area contributed by atoms with Crippen molar-refractivity contribution in [1.82, 2.24) is 5.32 Å². The van der Waals surface area contributed by atoms with Crippen LogP contribution in [0.1, 0.15) is 19.3 Å². The van der Waals surface area contributed by atoms with E-state index in [-0.39, 0.29) is 24.2 Å². The standard InChI is InChI=1S/C15H22N2OS.ClH/c16-11-12-5-4-8-14(12)15(18)17-9-10-19-13-6-2-1-3-7-13;/h1-3,6-7,12,14H,4-5,8-11,16H2,(H,17,18);1H/t12-,14-;/m1./s1. The normalized spacial score (nSPS) is 21.2. The zero-order chi connectivity index (χ0) is 13.5. The summed E-state index contributed by atoms with van der Waals surface area (Å²) in [5.74, 6) is 1.64. The van der Waals surface area contributed by atoms with E-state index in [2.05, 4.69) is 17.4 Å². The third-order valence-electron chi connectivity index (χ3n) is 3.71. The summed E-state index contributed by atoms with van der Waals surface area (Å²) in [4.78, 5) is 13.3. The predicted molar refractivity (Wildman–Crippen MR) is 87.3 cm³/mol. The molecule has 0 radical (unpaired) electrons. The SMILES string of the molecule is Cl.NC[C@H]1CCC[C@H]1C(=O)NCCSc1ccccc1. The largest absolute Gasteiger partial charge is 0.355 e. The quantitative estimate of drug-likeness (QED) is 0.627. The summed E-state index contributed by atoms with van der Waals surface area (Å²) in [6.07, 6.45) is 3.24. The first-order chi connectivity index (χ1) is 9.31. The molecule has 1 aliphatic rings. The molecule has 1 aromatic carbocycles. The fourth-order valence-corrected chi connectivity index (χ4v) is 3.44. The van der Waals surface area contributed by atoms with Crippen LogP contribution in [0, 0.1) is 11.8 Å². The molecule has 0 aliphatic heterocycles. The Balaban J connectivity index is 0.00000200. The van der Waals surface area contributed by atoms with Crippen LogP contribution in [0.2, 0.25) is 0 Å². The summed E-state index contributed by atoms with van der Waals surface area (Å²) in [7, 11) is 0. The van der Waals surface area contributed by atoms with Crippen LogP contribution in [0.5, 0.6) is 0 Å². The number of hydrogen-bond acceptors (Lipinski definition) is 3. The van der Waals surface area contributed by atoms with E-state index < -0.39 is 0 Å². The molecular formula is C15H23ClN2OS. The number of rotatable bonds is 6. The maximum absolute atomic E-state index is 12.1. The van der Waals surface area contributed by atoms with Crippen molar-refractivity contribution in [1.29, 1.82) is 0 Å². The van der Waals surface area contributed by atoms with Gasteiger partial charge in [0.05, 0.1) is 0 Å². The lowest BCUT2D eigenvalue weighted by molar-refractivity contribution is -0.125. The Kier molecular flexibility index (Phi) is 8.04. The Labute approximate surface area is 131 Å². The number of carbonyl (C=O) groups excluding carboxylic acids is 1. The van der Waals surface area contributed by atoms with E-state index in [4.69, 9.17) is 5.73 Å². The minimum atomic E-state index is 0. The summed E-state index contributed by atoms with van der Waals surface area (Å²) in [6.45, 7) is 1.36. The van der Waals surface area contributed by atoms with Gasteiger partial charge in [0.15, 0.2) is 0 Å². The van der Waals surface area contributed by atoms with Crippen LogP contribution in [0.4, 0.5) is 0 Å². The third-order valence-corrected chi connectivity index (χ3v) is 4.73. The molecule has 20 heavy (non-hydrogen) atoms. The fraction of sp³-hybridized carbons (Fsp3) is 0.533. The van der Waals surface area contributed by atoms with Gasteiger partial charge in [0.25, 0.3) is 0 Å². The van der Waals surface area contributed by atoms with Crippen molar-refractivity contribution in [2.24, 2.45) is 17.6 Å². The van der Waals surface area contributed by atoms with Crippen molar-refractivity contribution in [3.8, 4) is 0 Å². The first kappa shape index (κ1) is 17.3. The molecule has 0 saturated heterocycles. The van der Waals surface area contributed by atoms with Gasteiger partial charge >= 0.3 is 0 Å². The van der Waals surface area contributed by atoms with Gasteiger partial charge in [-0.2, -0.15) is 0 Å². The molecule has 1 fully saturated rings. The lowest BCUT2D eigenvalue weighted by Gasteiger charge is -2.17. The van der Waals surface area contributed by atoms with Gasteiger partial charge in [-0.05, 0) is 37.4 Å². The van der Waals surface area contributed by atoms with Gasteiger partial charge in [-0.15, -0.1) is 24.2 Å². The number of nitrogens with two attached hydrogens (primary N) is 1. The highest BCUT2D eigenvalue weighted by molar-refractivity contribution is 7.99. The Hall–Kier alpha value is -0.710. The van der Waals surface area contributed by atoms with Gasteiger partial charge in [0.2, 0.25) is 5.91 Å². The summed E-state index contributed by atoms with van der Waals surface area (Å²) < 4.78 is 0. The zero-order valence-electron chi connectivity index (χ0n) is 11.6. The van der Waals surface area contributed by atoms with Gasteiger partial charge in [0, 0.05) is 23.1 Å². The van der Waals surface area contributed by atoms with E-state index in [0.29, 0.717) is 12.5 Å². The van der Waals surface area contributed by atoms with Crippen LogP contribution in [0.3, 0.4) is 0 Å². The van der Waals surface area contributed by atoms with E-state index in [1.54, 1.807) is 11.8 Å². The summed E-state index contributed by atoms with van der Waals surface area (Å²) in [5.41, 5.74) is 5.71. The molecule has 1 aromatic rings. The molecule has 0 bridgehead atoms. The van der Waals surface area contributed by atoms with Crippen molar-refractivity contribution in [3.63, 3.8) is 0 Å². The van der Waals surface area contributed by atoms with Crippen LogP contribution in [0.15, 0.2) is 35.2 Å². The second kappa shape index (κ2) is 9.27. The van der Waals surface area contributed by atoms with E-state index in [9.17, 15) is 4.79 Å². The maximum atomic E-state index is 12.1. The number of benzene rings is 1. The molecule has 1 aliphatic carbocycles. The molecule has 0 heterocycles. The van der Waals surface area contributed by atoms with Crippen molar-refractivity contribution >= 4 is 30.1 Å². The lowest BCUT2D eigenvalue weighted by Crippen LogP contribution is -2.36. The molecule has 0 aromatic heterocycles. The predicted octanol–water partition coefficient (Wildman–Crippen LogP) is 2.69. The molecule has 3 N–H and O–H groups in total. The van der Waals surface area contributed by atoms with E-state index in [0.717, 1.165) is 31.6 Å². The molecule has 0 spiro atoms. The third kappa shape index (κ3) is 5.00.